The third-order valence-corrected chi connectivity index (χ3v) is 5.16. The van der Waals surface area contributed by atoms with E-state index in [1.807, 2.05) is 0 Å². The topological polar surface area (TPSA) is 77.5 Å². The molecule has 0 unspecified atom stereocenters. The van der Waals surface area contributed by atoms with Crippen molar-refractivity contribution in [2.24, 2.45) is 0 Å². The molecule has 3 rings (SSSR count). The Bertz CT molecular complexity index is 883. The molecule has 0 N–H and O–H groups in total. The van der Waals surface area contributed by atoms with Gasteiger partial charge in [-0.15, -0.1) is 11.8 Å². The summed E-state index contributed by atoms with van der Waals surface area (Å²) >= 11 is 1.000. The highest BCUT2D eigenvalue weighted by Gasteiger charge is 2.41. The Morgan fingerprint density at radius 1 is 1.24 bits per heavy atom. The van der Waals surface area contributed by atoms with Crippen LogP contribution in [0.4, 0.5) is 10.1 Å². The highest BCUT2D eigenvalue weighted by atomic mass is 32.2. The van der Waals surface area contributed by atoms with E-state index in [2.05, 4.69) is 0 Å². The molecule has 1 fully saturated rings. The lowest BCUT2D eigenvalue weighted by Crippen LogP contribution is -2.32. The van der Waals surface area contributed by atoms with Crippen molar-refractivity contribution in [3.63, 3.8) is 0 Å². The molecule has 2 aromatic carbocycles. The fourth-order valence-electron chi connectivity index (χ4n) is 2.66. The molecule has 0 spiro atoms. The van der Waals surface area contributed by atoms with Gasteiger partial charge in [-0.05, 0) is 30.7 Å². The van der Waals surface area contributed by atoms with Crippen molar-refractivity contribution in [3.8, 4) is 0 Å². The smallest absolute Gasteiger partial charge is 0.247 e. The molecule has 1 aliphatic rings. The van der Waals surface area contributed by atoms with E-state index in [9.17, 15) is 23.9 Å². The van der Waals surface area contributed by atoms with Crippen LogP contribution in [-0.4, -0.2) is 23.0 Å². The van der Waals surface area contributed by atoms with Crippen LogP contribution in [-0.2, 0) is 9.59 Å². The normalized spacial score (nSPS) is 17.2. The SMILES string of the molecule is Cc1ccc(F)cc1N1C(=O)C[C@H](Sc2ccccc2C(=O)[O-])C1=O. The van der Waals surface area contributed by atoms with Crippen molar-refractivity contribution in [1.29, 1.82) is 0 Å². The molecule has 1 atom stereocenters. The number of thioether (sulfide) groups is 1. The number of carboxylic acid groups (broad SMARTS) is 1. The molecular weight excluding hydrogens is 345 g/mol. The van der Waals surface area contributed by atoms with Crippen LogP contribution < -0.4 is 10.0 Å². The van der Waals surface area contributed by atoms with Gasteiger partial charge in [0.1, 0.15) is 5.82 Å². The first-order chi connectivity index (χ1) is 11.9. The van der Waals surface area contributed by atoms with Crippen LogP contribution in [0.5, 0.6) is 0 Å². The van der Waals surface area contributed by atoms with Gasteiger partial charge >= 0.3 is 0 Å². The van der Waals surface area contributed by atoms with E-state index < -0.39 is 28.9 Å². The molecule has 5 nitrogen and oxygen atoms in total. The number of carbonyl (C=O) groups is 3. The first kappa shape index (κ1) is 17.2. The number of aryl methyl sites for hydroxylation is 1. The zero-order valence-electron chi connectivity index (χ0n) is 13.2. The average molecular weight is 358 g/mol. The van der Waals surface area contributed by atoms with Crippen LogP contribution in [0.2, 0.25) is 0 Å². The first-order valence-corrected chi connectivity index (χ1v) is 8.36. The third-order valence-electron chi connectivity index (χ3n) is 3.89. The van der Waals surface area contributed by atoms with Gasteiger partial charge in [0, 0.05) is 16.9 Å². The zero-order chi connectivity index (χ0) is 18.1. The second-order valence-corrected chi connectivity index (χ2v) is 6.84. The van der Waals surface area contributed by atoms with Crippen molar-refractivity contribution in [3.05, 3.63) is 59.4 Å². The molecule has 2 amide bonds. The van der Waals surface area contributed by atoms with Gasteiger partial charge in [0.05, 0.1) is 16.9 Å². The number of amides is 2. The molecule has 128 valence electrons. The minimum Gasteiger partial charge on any atom is -0.545 e. The van der Waals surface area contributed by atoms with E-state index in [0.29, 0.717) is 10.5 Å². The van der Waals surface area contributed by atoms with Crippen LogP contribution in [0.25, 0.3) is 0 Å². The van der Waals surface area contributed by atoms with Gasteiger partial charge in [-0.1, -0.05) is 24.3 Å². The number of rotatable bonds is 4. The Morgan fingerprint density at radius 2 is 1.96 bits per heavy atom. The summed E-state index contributed by atoms with van der Waals surface area (Å²) in [5.41, 5.74) is 0.781. The van der Waals surface area contributed by atoms with Crippen LogP contribution >= 0.6 is 11.8 Å². The van der Waals surface area contributed by atoms with E-state index in [4.69, 9.17) is 0 Å². The maximum Gasteiger partial charge on any atom is 0.247 e. The second kappa shape index (κ2) is 6.68. The predicted octanol–water partition coefficient (Wildman–Crippen LogP) is 1.92. The van der Waals surface area contributed by atoms with E-state index in [0.717, 1.165) is 22.7 Å². The summed E-state index contributed by atoms with van der Waals surface area (Å²) in [7, 11) is 0. The monoisotopic (exact) mass is 358 g/mol. The van der Waals surface area contributed by atoms with Gasteiger partial charge in [0.2, 0.25) is 11.8 Å². The average Bonchev–Trinajstić information content (AvgIpc) is 2.84. The quantitative estimate of drug-likeness (QED) is 0.781. The number of hydrogen-bond acceptors (Lipinski definition) is 5. The van der Waals surface area contributed by atoms with Crippen molar-refractivity contribution in [2.75, 3.05) is 4.90 Å². The number of benzene rings is 2. The number of hydrogen-bond donors (Lipinski definition) is 0. The number of halogens is 1. The first-order valence-electron chi connectivity index (χ1n) is 7.48. The summed E-state index contributed by atoms with van der Waals surface area (Å²) in [6.45, 7) is 1.68. The Hall–Kier alpha value is -2.67. The van der Waals surface area contributed by atoms with E-state index in [1.165, 1.54) is 18.2 Å². The van der Waals surface area contributed by atoms with Gasteiger partial charge in [-0.2, -0.15) is 0 Å². The number of imide groups is 1. The molecule has 0 saturated carbocycles. The lowest BCUT2D eigenvalue weighted by atomic mass is 10.2. The molecule has 2 aromatic rings. The van der Waals surface area contributed by atoms with Crippen molar-refractivity contribution < 1.29 is 23.9 Å². The van der Waals surface area contributed by atoms with E-state index >= 15 is 0 Å². The Kier molecular flexibility index (Phi) is 4.59. The lowest BCUT2D eigenvalue weighted by molar-refractivity contribution is -0.255. The number of nitrogens with zero attached hydrogens (tertiary/aromatic N) is 1. The number of anilines is 1. The fourth-order valence-corrected chi connectivity index (χ4v) is 3.84. The minimum absolute atomic E-state index is 0.0341. The highest BCUT2D eigenvalue weighted by Crippen LogP contribution is 2.36. The van der Waals surface area contributed by atoms with Crippen LogP contribution in [0.3, 0.4) is 0 Å². The summed E-state index contributed by atoms with van der Waals surface area (Å²) in [4.78, 5) is 37.5. The number of carbonyl (C=O) groups excluding carboxylic acids is 3. The fraction of sp³-hybridized carbons (Fsp3) is 0.167. The summed E-state index contributed by atoms with van der Waals surface area (Å²) in [5.74, 6) is -2.82. The Labute approximate surface area is 147 Å². The predicted molar refractivity (Wildman–Crippen MR) is 88.7 cm³/mol. The zero-order valence-corrected chi connectivity index (χ0v) is 14.0. The molecule has 7 heteroatoms. The van der Waals surface area contributed by atoms with Crippen molar-refractivity contribution in [2.45, 2.75) is 23.5 Å². The molecule has 0 bridgehead atoms. The summed E-state index contributed by atoms with van der Waals surface area (Å²) in [5, 5.41) is 10.4. The third kappa shape index (κ3) is 3.28. The largest absolute Gasteiger partial charge is 0.545 e. The van der Waals surface area contributed by atoms with Gasteiger partial charge in [0.25, 0.3) is 0 Å². The molecule has 1 heterocycles. The van der Waals surface area contributed by atoms with Crippen molar-refractivity contribution in [1.82, 2.24) is 0 Å². The van der Waals surface area contributed by atoms with Gasteiger partial charge in [-0.25, -0.2) is 9.29 Å². The Morgan fingerprint density at radius 3 is 2.68 bits per heavy atom. The highest BCUT2D eigenvalue weighted by molar-refractivity contribution is 8.00. The van der Waals surface area contributed by atoms with Gasteiger partial charge in [0.15, 0.2) is 0 Å². The summed E-state index contributed by atoms with van der Waals surface area (Å²) in [6, 6.07) is 10.0. The van der Waals surface area contributed by atoms with E-state index in [1.54, 1.807) is 25.1 Å². The number of aromatic carboxylic acids is 1. The van der Waals surface area contributed by atoms with Crippen LogP contribution in [0, 0.1) is 12.7 Å². The van der Waals surface area contributed by atoms with Crippen molar-refractivity contribution >= 4 is 35.2 Å². The molecule has 1 saturated heterocycles. The lowest BCUT2D eigenvalue weighted by Gasteiger charge is -2.18. The second-order valence-electron chi connectivity index (χ2n) is 5.59. The standard InChI is InChI=1S/C18H14FNO4S/c1-10-6-7-11(19)8-13(10)20-16(21)9-15(17(20)22)25-14-5-3-2-4-12(14)18(23)24/h2-8,15H,9H2,1H3,(H,23,24)/p-1/t15-/m0/s1. The molecule has 0 radical (unpaired) electrons. The molecular formula is C18H13FNO4S-. The van der Waals surface area contributed by atoms with Gasteiger partial charge < -0.3 is 9.90 Å². The summed E-state index contributed by atoms with van der Waals surface area (Å²) < 4.78 is 13.5. The van der Waals surface area contributed by atoms with Crippen LogP contribution in [0.1, 0.15) is 22.3 Å². The number of carboxylic acids is 1. The maximum atomic E-state index is 13.5. The molecule has 0 aliphatic carbocycles. The summed E-state index contributed by atoms with van der Waals surface area (Å²) in [6.07, 6.45) is -0.0825. The molecule has 1 aliphatic heterocycles. The van der Waals surface area contributed by atoms with E-state index in [-0.39, 0.29) is 17.7 Å². The Balaban J connectivity index is 1.90. The van der Waals surface area contributed by atoms with Crippen LogP contribution in [0.15, 0.2) is 47.4 Å². The molecule has 25 heavy (non-hydrogen) atoms. The minimum atomic E-state index is -1.35. The maximum absolute atomic E-state index is 13.5. The van der Waals surface area contributed by atoms with Gasteiger partial charge in [-0.3, -0.25) is 9.59 Å². The molecule has 0 aromatic heterocycles.